The van der Waals surface area contributed by atoms with Gasteiger partial charge in [0.25, 0.3) is 0 Å². The fourth-order valence-electron chi connectivity index (χ4n) is 2.66. The summed E-state index contributed by atoms with van der Waals surface area (Å²) in [6.07, 6.45) is 2.57. The van der Waals surface area contributed by atoms with E-state index in [4.69, 9.17) is 4.74 Å². The number of amides is 1. The Labute approximate surface area is 123 Å². The minimum absolute atomic E-state index is 0.105. The van der Waals surface area contributed by atoms with E-state index >= 15 is 0 Å². The van der Waals surface area contributed by atoms with Crippen LogP contribution in [0.4, 0.5) is 4.79 Å². The molecule has 112 valence electrons. The van der Waals surface area contributed by atoms with E-state index in [1.165, 1.54) is 11.0 Å². The van der Waals surface area contributed by atoms with E-state index in [0.29, 0.717) is 5.69 Å². The van der Waals surface area contributed by atoms with E-state index in [0.717, 1.165) is 0 Å². The van der Waals surface area contributed by atoms with Gasteiger partial charge >= 0.3 is 12.1 Å². The SMILES string of the molecule is C=CCOC(=O)N1CC(C(=O)O)C(C)(c2ccccn2)C1. The summed E-state index contributed by atoms with van der Waals surface area (Å²) < 4.78 is 4.99. The van der Waals surface area contributed by atoms with Crippen molar-refractivity contribution in [2.45, 2.75) is 12.3 Å². The molecule has 1 aromatic rings. The van der Waals surface area contributed by atoms with E-state index in [-0.39, 0.29) is 19.7 Å². The van der Waals surface area contributed by atoms with Gasteiger partial charge in [-0.1, -0.05) is 25.6 Å². The maximum atomic E-state index is 11.9. The quantitative estimate of drug-likeness (QED) is 0.853. The second kappa shape index (κ2) is 5.95. The third-order valence-corrected chi connectivity index (χ3v) is 3.82. The average molecular weight is 290 g/mol. The van der Waals surface area contributed by atoms with Crippen molar-refractivity contribution in [2.24, 2.45) is 5.92 Å². The Morgan fingerprint density at radius 2 is 2.38 bits per heavy atom. The number of rotatable bonds is 4. The first-order valence-corrected chi connectivity index (χ1v) is 6.66. The molecule has 1 amide bonds. The number of aliphatic carboxylic acids is 1. The van der Waals surface area contributed by atoms with Gasteiger partial charge < -0.3 is 14.7 Å². The van der Waals surface area contributed by atoms with Gasteiger partial charge in [0.05, 0.1) is 5.92 Å². The zero-order chi connectivity index (χ0) is 15.5. The molecule has 0 saturated carbocycles. The van der Waals surface area contributed by atoms with Crippen molar-refractivity contribution in [1.29, 1.82) is 0 Å². The zero-order valence-corrected chi connectivity index (χ0v) is 11.9. The zero-order valence-electron chi connectivity index (χ0n) is 11.9. The van der Waals surface area contributed by atoms with E-state index in [9.17, 15) is 14.7 Å². The Kier molecular flexibility index (Phi) is 4.26. The van der Waals surface area contributed by atoms with E-state index in [1.54, 1.807) is 18.3 Å². The van der Waals surface area contributed by atoms with Crippen LogP contribution in [-0.4, -0.2) is 46.7 Å². The molecule has 1 fully saturated rings. The number of hydrogen-bond donors (Lipinski definition) is 1. The van der Waals surface area contributed by atoms with Gasteiger partial charge in [-0.05, 0) is 12.1 Å². The maximum Gasteiger partial charge on any atom is 0.410 e. The monoisotopic (exact) mass is 290 g/mol. The normalized spacial score (nSPS) is 24.6. The van der Waals surface area contributed by atoms with Crippen molar-refractivity contribution < 1.29 is 19.4 Å². The minimum atomic E-state index is -0.942. The third kappa shape index (κ3) is 2.89. The molecule has 0 aliphatic carbocycles. The number of likely N-dealkylation sites (tertiary alicyclic amines) is 1. The number of aromatic nitrogens is 1. The molecule has 2 heterocycles. The van der Waals surface area contributed by atoms with Crippen LogP contribution in [-0.2, 0) is 14.9 Å². The molecule has 6 heteroatoms. The van der Waals surface area contributed by atoms with Crippen molar-refractivity contribution in [1.82, 2.24) is 9.88 Å². The second-order valence-electron chi connectivity index (χ2n) is 5.27. The molecule has 1 N–H and O–H groups in total. The van der Waals surface area contributed by atoms with Gasteiger partial charge in [0.2, 0.25) is 0 Å². The molecule has 0 aromatic carbocycles. The number of hydrogen-bond acceptors (Lipinski definition) is 4. The highest BCUT2D eigenvalue weighted by molar-refractivity contribution is 5.76. The van der Waals surface area contributed by atoms with Crippen molar-refractivity contribution in [2.75, 3.05) is 19.7 Å². The summed E-state index contributed by atoms with van der Waals surface area (Å²) in [7, 11) is 0. The van der Waals surface area contributed by atoms with E-state index in [1.807, 2.05) is 13.0 Å². The van der Waals surface area contributed by atoms with Crippen LogP contribution in [0.25, 0.3) is 0 Å². The molecule has 2 unspecified atom stereocenters. The Morgan fingerprint density at radius 3 is 2.95 bits per heavy atom. The molecule has 0 bridgehead atoms. The smallest absolute Gasteiger partial charge is 0.410 e. The lowest BCUT2D eigenvalue weighted by Crippen LogP contribution is -2.37. The molecular formula is C15H18N2O4. The Balaban J connectivity index is 2.26. The third-order valence-electron chi connectivity index (χ3n) is 3.82. The van der Waals surface area contributed by atoms with Gasteiger partial charge in [0.15, 0.2) is 0 Å². The number of carbonyl (C=O) groups is 2. The summed E-state index contributed by atoms with van der Waals surface area (Å²) in [4.78, 5) is 29.2. The van der Waals surface area contributed by atoms with Crippen LogP contribution in [0, 0.1) is 5.92 Å². The van der Waals surface area contributed by atoms with Crippen LogP contribution in [0.2, 0.25) is 0 Å². The highest BCUT2D eigenvalue weighted by Crippen LogP contribution is 2.38. The molecule has 21 heavy (non-hydrogen) atoms. The molecule has 6 nitrogen and oxygen atoms in total. The number of ether oxygens (including phenoxy) is 1. The fourth-order valence-corrected chi connectivity index (χ4v) is 2.66. The van der Waals surface area contributed by atoms with E-state index < -0.39 is 23.4 Å². The van der Waals surface area contributed by atoms with Crippen LogP contribution in [0.5, 0.6) is 0 Å². The Bertz CT molecular complexity index is 546. The molecule has 1 aliphatic heterocycles. The summed E-state index contributed by atoms with van der Waals surface area (Å²) in [5.41, 5.74) is -0.0725. The lowest BCUT2D eigenvalue weighted by molar-refractivity contribution is -0.142. The first-order valence-electron chi connectivity index (χ1n) is 6.66. The van der Waals surface area contributed by atoms with Gasteiger partial charge in [-0.2, -0.15) is 0 Å². The van der Waals surface area contributed by atoms with Crippen LogP contribution in [0.15, 0.2) is 37.1 Å². The van der Waals surface area contributed by atoms with Gasteiger partial charge in [0, 0.05) is 30.4 Å². The van der Waals surface area contributed by atoms with Crippen LogP contribution < -0.4 is 0 Å². The molecule has 2 atom stereocenters. The summed E-state index contributed by atoms with van der Waals surface area (Å²) in [6, 6.07) is 5.37. The minimum Gasteiger partial charge on any atom is -0.481 e. The van der Waals surface area contributed by atoms with Crippen LogP contribution in [0.1, 0.15) is 12.6 Å². The summed E-state index contributed by atoms with van der Waals surface area (Å²) in [6.45, 7) is 5.77. The highest BCUT2D eigenvalue weighted by Gasteiger charge is 2.50. The summed E-state index contributed by atoms with van der Waals surface area (Å²) in [5, 5.41) is 9.46. The van der Waals surface area contributed by atoms with Crippen molar-refractivity contribution in [3.05, 3.63) is 42.7 Å². The predicted molar refractivity (Wildman–Crippen MR) is 75.8 cm³/mol. The highest BCUT2D eigenvalue weighted by atomic mass is 16.6. The van der Waals surface area contributed by atoms with Crippen molar-refractivity contribution in [3.63, 3.8) is 0 Å². The largest absolute Gasteiger partial charge is 0.481 e. The van der Waals surface area contributed by atoms with Gasteiger partial charge in [-0.3, -0.25) is 9.78 Å². The van der Waals surface area contributed by atoms with E-state index in [2.05, 4.69) is 11.6 Å². The molecule has 2 rings (SSSR count). The second-order valence-corrected chi connectivity index (χ2v) is 5.27. The van der Waals surface area contributed by atoms with Crippen LogP contribution in [0.3, 0.4) is 0 Å². The summed E-state index contributed by atoms with van der Waals surface area (Å²) in [5.74, 6) is -1.66. The number of carboxylic acid groups (broad SMARTS) is 1. The molecular weight excluding hydrogens is 272 g/mol. The topological polar surface area (TPSA) is 79.7 Å². The Hall–Kier alpha value is -2.37. The number of nitrogens with zero attached hydrogens (tertiary/aromatic N) is 2. The molecule has 1 saturated heterocycles. The standard InChI is InChI=1S/C15H18N2O4/c1-3-8-21-14(20)17-9-11(13(18)19)15(2,10-17)12-6-4-5-7-16-12/h3-7,11H,1,8-10H2,2H3,(H,18,19). The van der Waals surface area contributed by atoms with Crippen molar-refractivity contribution in [3.8, 4) is 0 Å². The first kappa shape index (κ1) is 15.0. The Morgan fingerprint density at radius 1 is 1.62 bits per heavy atom. The van der Waals surface area contributed by atoms with Gasteiger partial charge in [0.1, 0.15) is 6.61 Å². The van der Waals surface area contributed by atoms with Gasteiger partial charge in [-0.15, -0.1) is 0 Å². The average Bonchev–Trinajstić information content (AvgIpc) is 2.85. The lowest BCUT2D eigenvalue weighted by atomic mass is 9.77. The fraction of sp³-hybridized carbons (Fsp3) is 0.400. The lowest BCUT2D eigenvalue weighted by Gasteiger charge is -2.27. The van der Waals surface area contributed by atoms with Crippen LogP contribution >= 0.6 is 0 Å². The molecule has 1 aromatic heterocycles. The molecule has 0 spiro atoms. The number of carbonyl (C=O) groups excluding carboxylic acids is 1. The molecule has 0 radical (unpaired) electrons. The maximum absolute atomic E-state index is 11.9. The van der Waals surface area contributed by atoms with Gasteiger partial charge in [-0.25, -0.2) is 4.79 Å². The predicted octanol–water partition coefficient (Wildman–Crippen LogP) is 1.68. The van der Waals surface area contributed by atoms with Crippen molar-refractivity contribution >= 4 is 12.1 Å². The first-order chi connectivity index (χ1) is 9.99. The summed E-state index contributed by atoms with van der Waals surface area (Å²) >= 11 is 0. The number of carboxylic acids is 1. The molecule has 1 aliphatic rings. The number of pyridine rings is 1.